The Bertz CT molecular complexity index is 299. The fourth-order valence-corrected chi connectivity index (χ4v) is 0.628. The summed E-state index contributed by atoms with van der Waals surface area (Å²) in [6, 6.07) is 1.18. The highest BCUT2D eigenvalue weighted by molar-refractivity contribution is 5.93. The van der Waals surface area contributed by atoms with Gasteiger partial charge in [-0.25, -0.2) is 4.79 Å². The maximum absolute atomic E-state index is 12.1. The Morgan fingerprint density at radius 2 is 2.00 bits per heavy atom. The normalized spacial score (nSPS) is 12.9. The van der Waals surface area contributed by atoms with E-state index in [4.69, 9.17) is 5.26 Å². The number of carbonyl (C=O) groups is 1. The first-order chi connectivity index (χ1) is 6.34. The molecule has 0 saturated heterocycles. The number of halogens is 3. The molecular weight excluding hydrogens is 199 g/mol. The van der Waals surface area contributed by atoms with Crippen LogP contribution in [0.1, 0.15) is 13.8 Å². The number of nitriles is 1. The predicted molar refractivity (Wildman–Crippen MR) is 41.0 cm³/mol. The molecule has 0 radical (unpaired) electrons. The number of ether oxygens (including phenoxy) is 1. The van der Waals surface area contributed by atoms with Crippen molar-refractivity contribution in [1.29, 1.82) is 5.26 Å². The fourth-order valence-electron chi connectivity index (χ4n) is 0.628. The van der Waals surface area contributed by atoms with Crippen LogP contribution in [0.2, 0.25) is 0 Å². The van der Waals surface area contributed by atoms with Gasteiger partial charge in [0.2, 0.25) is 0 Å². The molecule has 0 aromatic carbocycles. The summed E-state index contributed by atoms with van der Waals surface area (Å²) in [4.78, 5) is 10.9. The molecule has 3 nitrogen and oxygen atoms in total. The quantitative estimate of drug-likeness (QED) is 0.395. The predicted octanol–water partition coefficient (Wildman–Crippen LogP) is 1.95. The van der Waals surface area contributed by atoms with Crippen molar-refractivity contribution >= 4 is 5.97 Å². The molecule has 0 heterocycles. The van der Waals surface area contributed by atoms with E-state index in [0.717, 1.165) is 0 Å². The summed E-state index contributed by atoms with van der Waals surface area (Å²) in [6.45, 7) is 2.03. The molecule has 0 unspecified atom stereocenters. The Balaban J connectivity index is 5.08. The number of nitrogens with zero attached hydrogens (tertiary/aromatic N) is 1. The first kappa shape index (κ1) is 12.5. The lowest BCUT2D eigenvalue weighted by atomic mass is 10.1. The van der Waals surface area contributed by atoms with E-state index in [0.29, 0.717) is 6.92 Å². The highest BCUT2D eigenvalue weighted by Crippen LogP contribution is 2.27. The topological polar surface area (TPSA) is 50.1 Å². The van der Waals surface area contributed by atoms with Crippen molar-refractivity contribution in [3.8, 4) is 6.07 Å². The maximum atomic E-state index is 12.1. The molecule has 0 fully saturated rings. The van der Waals surface area contributed by atoms with Crippen LogP contribution >= 0.6 is 0 Å². The lowest BCUT2D eigenvalue weighted by molar-refractivity contribution is -0.139. The van der Waals surface area contributed by atoms with Crippen molar-refractivity contribution in [2.75, 3.05) is 6.61 Å². The minimum Gasteiger partial charge on any atom is -0.462 e. The summed E-state index contributed by atoms with van der Waals surface area (Å²) in [5, 5.41) is 8.35. The smallest absolute Gasteiger partial charge is 0.413 e. The van der Waals surface area contributed by atoms with Crippen LogP contribution in [0, 0.1) is 11.3 Å². The number of esters is 1. The SMILES string of the molecule is CCOC(=O)/C(C#N)=C(\C)C(F)(F)F. The number of rotatable bonds is 2. The van der Waals surface area contributed by atoms with Gasteiger partial charge < -0.3 is 4.74 Å². The van der Waals surface area contributed by atoms with Crippen LogP contribution in [0.3, 0.4) is 0 Å². The van der Waals surface area contributed by atoms with Crippen molar-refractivity contribution in [2.45, 2.75) is 20.0 Å². The van der Waals surface area contributed by atoms with Crippen molar-refractivity contribution in [3.63, 3.8) is 0 Å². The zero-order valence-corrected chi connectivity index (χ0v) is 7.60. The first-order valence-electron chi connectivity index (χ1n) is 3.69. The molecule has 0 amide bonds. The van der Waals surface area contributed by atoms with E-state index < -0.39 is 23.3 Å². The van der Waals surface area contributed by atoms with Gasteiger partial charge >= 0.3 is 12.1 Å². The average molecular weight is 207 g/mol. The van der Waals surface area contributed by atoms with Gasteiger partial charge in [0.1, 0.15) is 11.6 Å². The highest BCUT2D eigenvalue weighted by Gasteiger charge is 2.35. The van der Waals surface area contributed by atoms with Gasteiger partial charge in [-0.3, -0.25) is 0 Å². The number of carbonyl (C=O) groups excluding carboxylic acids is 1. The number of alkyl halides is 3. The van der Waals surface area contributed by atoms with E-state index >= 15 is 0 Å². The van der Waals surface area contributed by atoms with Crippen LogP contribution in [0.15, 0.2) is 11.1 Å². The minimum absolute atomic E-state index is 0.0743. The van der Waals surface area contributed by atoms with E-state index in [-0.39, 0.29) is 6.61 Å². The standard InChI is InChI=1S/C8H8F3NO2/c1-3-14-7(13)6(4-12)5(2)8(9,10)11/h3H2,1-2H3/b6-5+. The van der Waals surface area contributed by atoms with E-state index in [9.17, 15) is 18.0 Å². The van der Waals surface area contributed by atoms with Gasteiger partial charge in [-0.2, -0.15) is 18.4 Å². The van der Waals surface area contributed by atoms with E-state index in [2.05, 4.69) is 4.74 Å². The molecule has 14 heavy (non-hydrogen) atoms. The van der Waals surface area contributed by atoms with Crippen molar-refractivity contribution in [3.05, 3.63) is 11.1 Å². The van der Waals surface area contributed by atoms with Crippen LogP contribution in [-0.4, -0.2) is 18.8 Å². The monoisotopic (exact) mass is 207 g/mol. The molecule has 0 N–H and O–H groups in total. The first-order valence-corrected chi connectivity index (χ1v) is 3.69. The van der Waals surface area contributed by atoms with Crippen molar-refractivity contribution in [1.82, 2.24) is 0 Å². The lowest BCUT2D eigenvalue weighted by Gasteiger charge is -2.08. The second kappa shape index (κ2) is 4.65. The molecule has 6 heteroatoms. The van der Waals surface area contributed by atoms with Gasteiger partial charge in [-0.05, 0) is 13.8 Å². The fraction of sp³-hybridized carbons (Fsp3) is 0.500. The molecule has 0 atom stereocenters. The van der Waals surface area contributed by atoms with E-state index in [1.165, 1.54) is 13.0 Å². The second-order valence-corrected chi connectivity index (χ2v) is 2.33. The third kappa shape index (κ3) is 3.09. The molecule has 0 aliphatic heterocycles. The van der Waals surface area contributed by atoms with Crippen LogP contribution in [0.5, 0.6) is 0 Å². The molecule has 0 aliphatic rings. The van der Waals surface area contributed by atoms with E-state index in [1.807, 2.05) is 0 Å². The van der Waals surface area contributed by atoms with Crippen LogP contribution in [-0.2, 0) is 9.53 Å². The Labute approximate surface area is 78.8 Å². The zero-order chi connectivity index (χ0) is 11.4. The molecule has 0 aliphatic carbocycles. The molecular formula is C8H8F3NO2. The van der Waals surface area contributed by atoms with Crippen molar-refractivity contribution in [2.24, 2.45) is 0 Å². The lowest BCUT2D eigenvalue weighted by Crippen LogP contribution is -2.17. The summed E-state index contributed by atoms with van der Waals surface area (Å²) < 4.78 is 40.5. The highest BCUT2D eigenvalue weighted by atomic mass is 19.4. The Morgan fingerprint density at radius 1 is 1.50 bits per heavy atom. The van der Waals surface area contributed by atoms with Gasteiger partial charge in [0.15, 0.2) is 0 Å². The zero-order valence-electron chi connectivity index (χ0n) is 7.60. The molecule has 0 aromatic rings. The summed E-state index contributed by atoms with van der Waals surface area (Å²) in [7, 11) is 0. The van der Waals surface area contributed by atoms with Crippen molar-refractivity contribution < 1.29 is 22.7 Å². The molecule has 0 rings (SSSR count). The number of hydrogen-bond acceptors (Lipinski definition) is 3. The van der Waals surface area contributed by atoms with Gasteiger partial charge in [0, 0.05) is 0 Å². The van der Waals surface area contributed by atoms with Gasteiger partial charge in [0.25, 0.3) is 0 Å². The number of hydrogen-bond donors (Lipinski definition) is 0. The molecule has 0 bridgehead atoms. The Hall–Kier alpha value is -1.51. The molecule has 0 aromatic heterocycles. The Morgan fingerprint density at radius 3 is 2.29 bits per heavy atom. The maximum Gasteiger partial charge on any atom is 0.413 e. The van der Waals surface area contributed by atoms with Crippen LogP contribution in [0.25, 0.3) is 0 Å². The third-order valence-electron chi connectivity index (χ3n) is 1.39. The number of allylic oxidation sites excluding steroid dienone is 1. The van der Waals surface area contributed by atoms with Gasteiger partial charge in [-0.1, -0.05) is 0 Å². The summed E-state index contributed by atoms with van der Waals surface area (Å²) in [6.07, 6.45) is -4.68. The molecule has 0 saturated carbocycles. The summed E-state index contributed by atoms with van der Waals surface area (Å²) >= 11 is 0. The van der Waals surface area contributed by atoms with E-state index in [1.54, 1.807) is 0 Å². The Kier molecular flexibility index (Phi) is 4.15. The van der Waals surface area contributed by atoms with Crippen LogP contribution < -0.4 is 0 Å². The summed E-state index contributed by atoms with van der Waals surface area (Å²) in [5.41, 5.74) is -2.24. The largest absolute Gasteiger partial charge is 0.462 e. The second-order valence-electron chi connectivity index (χ2n) is 2.33. The average Bonchev–Trinajstić information content (AvgIpc) is 2.04. The molecule has 0 spiro atoms. The molecule has 78 valence electrons. The van der Waals surface area contributed by atoms with Gasteiger partial charge in [-0.15, -0.1) is 0 Å². The summed E-state index contributed by atoms with van der Waals surface area (Å²) in [5.74, 6) is -1.25. The minimum atomic E-state index is -4.68. The van der Waals surface area contributed by atoms with Gasteiger partial charge in [0.05, 0.1) is 12.2 Å². The van der Waals surface area contributed by atoms with Crippen LogP contribution in [0.4, 0.5) is 13.2 Å². The third-order valence-corrected chi connectivity index (χ3v) is 1.39.